The molecule has 1 fully saturated rings. The third kappa shape index (κ3) is 4.85. The topological polar surface area (TPSA) is 83.7 Å². The molecule has 0 spiro atoms. The monoisotopic (exact) mass is 541 g/mol. The van der Waals surface area contributed by atoms with Crippen LogP contribution in [0.3, 0.4) is 0 Å². The number of amides is 1. The standard InChI is InChI=1S/C33H27N5O3/c39-33(23-8-12-25(13-9-23)37-18-20-40-21-19-37)36-24-10-14-26(15-11-24)38(31-16-17-34-22-35-31)29-6-3-5-28-27-4-1-2-7-30(27)41-32(28)29/h1-17,22H,18-21H2,(H,36,39). The molecule has 1 aliphatic heterocycles. The molecular formula is C33H27N5O3. The van der Waals surface area contributed by atoms with Crippen molar-refractivity contribution in [1.29, 1.82) is 0 Å². The second-order valence-electron chi connectivity index (χ2n) is 9.80. The maximum Gasteiger partial charge on any atom is 0.255 e. The molecule has 1 N–H and O–H groups in total. The maximum atomic E-state index is 13.0. The fourth-order valence-corrected chi connectivity index (χ4v) is 5.26. The average Bonchev–Trinajstić information content (AvgIpc) is 3.43. The van der Waals surface area contributed by atoms with Crippen LogP contribution in [0.15, 0.2) is 114 Å². The quantitative estimate of drug-likeness (QED) is 0.245. The number of anilines is 5. The molecule has 3 heterocycles. The molecule has 0 unspecified atom stereocenters. The second-order valence-corrected chi connectivity index (χ2v) is 9.80. The number of rotatable bonds is 6. The highest BCUT2D eigenvalue weighted by Crippen LogP contribution is 2.41. The van der Waals surface area contributed by atoms with Crippen molar-refractivity contribution in [3.05, 3.63) is 115 Å². The van der Waals surface area contributed by atoms with Crippen LogP contribution in [-0.4, -0.2) is 42.2 Å². The van der Waals surface area contributed by atoms with Gasteiger partial charge in [0.25, 0.3) is 5.91 Å². The lowest BCUT2D eigenvalue weighted by Gasteiger charge is -2.28. The van der Waals surface area contributed by atoms with E-state index >= 15 is 0 Å². The van der Waals surface area contributed by atoms with Gasteiger partial charge in [0, 0.05) is 52.7 Å². The van der Waals surface area contributed by atoms with Crippen molar-refractivity contribution in [3.8, 4) is 0 Å². The molecule has 4 aromatic carbocycles. The molecule has 0 aliphatic carbocycles. The van der Waals surface area contributed by atoms with E-state index in [0.29, 0.717) is 17.1 Å². The predicted octanol–water partition coefficient (Wildman–Crippen LogP) is 6.93. The van der Waals surface area contributed by atoms with E-state index in [4.69, 9.17) is 9.15 Å². The lowest BCUT2D eigenvalue weighted by atomic mass is 10.1. The Hall–Kier alpha value is -5.21. The first kappa shape index (κ1) is 24.8. The molecule has 1 saturated heterocycles. The Morgan fingerprint density at radius 1 is 0.829 bits per heavy atom. The number of hydrogen-bond acceptors (Lipinski definition) is 7. The Labute approximate surface area is 236 Å². The zero-order chi connectivity index (χ0) is 27.6. The molecule has 7 rings (SSSR count). The van der Waals surface area contributed by atoms with E-state index in [-0.39, 0.29) is 5.91 Å². The van der Waals surface area contributed by atoms with E-state index in [1.165, 1.54) is 6.33 Å². The van der Waals surface area contributed by atoms with E-state index in [1.807, 2.05) is 89.8 Å². The molecule has 8 nitrogen and oxygen atoms in total. The number of morpholine rings is 1. The Morgan fingerprint density at radius 3 is 2.39 bits per heavy atom. The number of fused-ring (bicyclic) bond motifs is 3. The van der Waals surface area contributed by atoms with Gasteiger partial charge in [0.1, 0.15) is 17.7 Å². The highest BCUT2D eigenvalue weighted by Gasteiger charge is 2.20. The van der Waals surface area contributed by atoms with Crippen LogP contribution in [0.1, 0.15) is 10.4 Å². The summed E-state index contributed by atoms with van der Waals surface area (Å²) in [6, 6.07) is 31.4. The summed E-state index contributed by atoms with van der Waals surface area (Å²) in [7, 11) is 0. The van der Waals surface area contributed by atoms with Crippen LogP contribution in [-0.2, 0) is 4.74 Å². The average molecular weight is 542 g/mol. The molecule has 1 aliphatic rings. The van der Waals surface area contributed by atoms with Crippen molar-refractivity contribution >= 4 is 56.4 Å². The first-order valence-electron chi connectivity index (χ1n) is 13.6. The van der Waals surface area contributed by atoms with E-state index in [2.05, 4.69) is 32.3 Å². The van der Waals surface area contributed by atoms with Crippen molar-refractivity contribution in [1.82, 2.24) is 9.97 Å². The smallest absolute Gasteiger partial charge is 0.255 e. The van der Waals surface area contributed by atoms with E-state index < -0.39 is 0 Å². The fraction of sp³-hybridized carbons (Fsp3) is 0.121. The van der Waals surface area contributed by atoms with Crippen LogP contribution in [0, 0.1) is 0 Å². The summed E-state index contributed by atoms with van der Waals surface area (Å²) in [6.07, 6.45) is 3.24. The number of carbonyl (C=O) groups excluding carboxylic acids is 1. The van der Waals surface area contributed by atoms with E-state index in [9.17, 15) is 4.79 Å². The summed E-state index contributed by atoms with van der Waals surface area (Å²) in [5.74, 6) is 0.538. The summed E-state index contributed by atoms with van der Waals surface area (Å²) >= 11 is 0. The van der Waals surface area contributed by atoms with Crippen LogP contribution in [0.5, 0.6) is 0 Å². The third-order valence-corrected chi connectivity index (χ3v) is 7.31. The van der Waals surface area contributed by atoms with Gasteiger partial charge in [-0.15, -0.1) is 0 Å². The lowest BCUT2D eigenvalue weighted by molar-refractivity contribution is 0.102. The SMILES string of the molecule is O=C(Nc1ccc(N(c2ccncn2)c2cccc3c2oc2ccccc23)cc1)c1ccc(N2CCOCC2)cc1. The number of nitrogens with one attached hydrogen (secondary N) is 1. The molecule has 0 saturated carbocycles. The number of ether oxygens (including phenoxy) is 1. The summed E-state index contributed by atoms with van der Waals surface area (Å²) in [5.41, 5.74) is 5.71. The molecule has 41 heavy (non-hydrogen) atoms. The van der Waals surface area contributed by atoms with Gasteiger partial charge in [-0.25, -0.2) is 9.97 Å². The summed E-state index contributed by atoms with van der Waals surface area (Å²) in [4.78, 5) is 25.9. The molecule has 0 atom stereocenters. The van der Waals surface area contributed by atoms with Crippen molar-refractivity contribution in [2.45, 2.75) is 0 Å². The minimum Gasteiger partial charge on any atom is -0.454 e. The van der Waals surface area contributed by atoms with Crippen LogP contribution < -0.4 is 15.1 Å². The first-order chi connectivity index (χ1) is 20.2. The van der Waals surface area contributed by atoms with Gasteiger partial charge >= 0.3 is 0 Å². The van der Waals surface area contributed by atoms with Gasteiger partial charge in [0.05, 0.1) is 18.9 Å². The van der Waals surface area contributed by atoms with Crippen LogP contribution in [0.2, 0.25) is 0 Å². The Balaban J connectivity index is 1.17. The molecule has 2 aromatic heterocycles. The lowest BCUT2D eigenvalue weighted by Crippen LogP contribution is -2.36. The molecule has 1 amide bonds. The van der Waals surface area contributed by atoms with Gasteiger partial charge in [0.2, 0.25) is 0 Å². The van der Waals surface area contributed by atoms with Crippen molar-refractivity contribution in [2.24, 2.45) is 0 Å². The molecule has 0 radical (unpaired) electrons. The highest BCUT2D eigenvalue weighted by molar-refractivity contribution is 6.10. The molecule has 6 aromatic rings. The number of hydrogen-bond donors (Lipinski definition) is 1. The number of carbonyl (C=O) groups is 1. The molecule has 202 valence electrons. The van der Waals surface area contributed by atoms with Gasteiger partial charge in [-0.1, -0.05) is 30.3 Å². The van der Waals surface area contributed by atoms with Gasteiger partial charge < -0.3 is 19.4 Å². The highest BCUT2D eigenvalue weighted by atomic mass is 16.5. The van der Waals surface area contributed by atoms with E-state index in [1.54, 1.807) is 6.20 Å². The summed E-state index contributed by atoms with van der Waals surface area (Å²) < 4.78 is 11.8. The van der Waals surface area contributed by atoms with Gasteiger partial charge in [-0.2, -0.15) is 0 Å². The number of benzene rings is 4. The Morgan fingerprint density at radius 2 is 1.61 bits per heavy atom. The Kier molecular flexibility index (Phi) is 6.50. The van der Waals surface area contributed by atoms with Gasteiger partial charge in [-0.3, -0.25) is 9.69 Å². The number of aromatic nitrogens is 2. The van der Waals surface area contributed by atoms with Crippen molar-refractivity contribution < 1.29 is 13.9 Å². The zero-order valence-electron chi connectivity index (χ0n) is 22.2. The predicted molar refractivity (Wildman–Crippen MR) is 161 cm³/mol. The molecular weight excluding hydrogens is 514 g/mol. The van der Waals surface area contributed by atoms with Gasteiger partial charge in [-0.05, 0) is 66.7 Å². The second kappa shape index (κ2) is 10.7. The summed E-state index contributed by atoms with van der Waals surface area (Å²) in [6.45, 7) is 3.16. The number of para-hydroxylation sites is 2. The van der Waals surface area contributed by atoms with Crippen LogP contribution in [0.4, 0.5) is 28.6 Å². The first-order valence-corrected chi connectivity index (χ1v) is 13.6. The largest absolute Gasteiger partial charge is 0.454 e. The Bertz CT molecular complexity index is 1810. The molecule has 0 bridgehead atoms. The molecule has 8 heteroatoms. The van der Waals surface area contributed by atoms with Crippen LogP contribution in [0.25, 0.3) is 21.9 Å². The maximum absolute atomic E-state index is 13.0. The minimum absolute atomic E-state index is 0.161. The van der Waals surface area contributed by atoms with Crippen molar-refractivity contribution in [3.63, 3.8) is 0 Å². The number of nitrogens with zero attached hydrogens (tertiary/aromatic N) is 4. The van der Waals surface area contributed by atoms with Crippen LogP contribution >= 0.6 is 0 Å². The van der Waals surface area contributed by atoms with E-state index in [0.717, 1.165) is 65.3 Å². The summed E-state index contributed by atoms with van der Waals surface area (Å²) in [5, 5.41) is 5.10. The fourth-order valence-electron chi connectivity index (χ4n) is 5.26. The normalized spacial score (nSPS) is 13.4. The van der Waals surface area contributed by atoms with Crippen molar-refractivity contribution in [2.75, 3.05) is 41.4 Å². The zero-order valence-corrected chi connectivity index (χ0v) is 22.2. The third-order valence-electron chi connectivity index (χ3n) is 7.31. The number of furan rings is 1. The van der Waals surface area contributed by atoms with Gasteiger partial charge in [0.15, 0.2) is 5.58 Å². The minimum atomic E-state index is -0.161.